The minimum absolute atomic E-state index is 0.800. The molecule has 2 heterocycles. The summed E-state index contributed by atoms with van der Waals surface area (Å²) >= 11 is 0. The highest BCUT2D eigenvalue weighted by atomic mass is 15.2. The maximum Gasteiger partial charge on any atom is 0.0102 e. The van der Waals surface area contributed by atoms with Crippen LogP contribution in [0.15, 0.2) is 30.3 Å². The first-order valence-corrected chi connectivity index (χ1v) is 6.22. The molecule has 0 aliphatic carbocycles. The molecule has 0 aromatic heterocycles. The van der Waals surface area contributed by atoms with Gasteiger partial charge in [-0.25, -0.2) is 0 Å². The van der Waals surface area contributed by atoms with E-state index in [1.165, 1.54) is 38.8 Å². The number of hydrogen-bond acceptors (Lipinski definition) is 1. The molecule has 2 aliphatic rings. The lowest BCUT2D eigenvalue weighted by molar-refractivity contribution is 0.197. The van der Waals surface area contributed by atoms with Crippen LogP contribution >= 0.6 is 0 Å². The van der Waals surface area contributed by atoms with Gasteiger partial charge in [0.15, 0.2) is 0 Å². The van der Waals surface area contributed by atoms with E-state index in [1.807, 2.05) is 0 Å². The first kappa shape index (κ1) is 9.41. The van der Waals surface area contributed by atoms with Crippen LogP contribution in [0.5, 0.6) is 0 Å². The molecular formula is C14H19N. The van der Waals surface area contributed by atoms with Gasteiger partial charge in [0, 0.05) is 12.6 Å². The molecule has 1 aromatic carbocycles. The molecule has 15 heavy (non-hydrogen) atoms. The van der Waals surface area contributed by atoms with Gasteiger partial charge in [-0.1, -0.05) is 36.8 Å². The molecule has 0 amide bonds. The SMILES string of the molecule is c1ccc([C@@H]2C[C@@H]3CCCCN3C2)cc1. The topological polar surface area (TPSA) is 3.24 Å². The van der Waals surface area contributed by atoms with Crippen molar-refractivity contribution in [1.29, 1.82) is 0 Å². The highest BCUT2D eigenvalue weighted by Crippen LogP contribution is 2.35. The van der Waals surface area contributed by atoms with Gasteiger partial charge >= 0.3 is 0 Å². The van der Waals surface area contributed by atoms with Crippen LogP contribution in [0, 0.1) is 0 Å². The summed E-state index contributed by atoms with van der Waals surface area (Å²) in [5.74, 6) is 0.800. The smallest absolute Gasteiger partial charge is 0.0102 e. The molecule has 2 aliphatic heterocycles. The second-order valence-corrected chi connectivity index (χ2v) is 4.99. The van der Waals surface area contributed by atoms with E-state index in [4.69, 9.17) is 0 Å². The summed E-state index contributed by atoms with van der Waals surface area (Å²) < 4.78 is 0. The fourth-order valence-electron chi connectivity index (χ4n) is 3.22. The molecule has 2 fully saturated rings. The minimum Gasteiger partial charge on any atom is -0.300 e. The lowest BCUT2D eigenvalue weighted by Gasteiger charge is -2.28. The summed E-state index contributed by atoms with van der Waals surface area (Å²) in [4.78, 5) is 2.71. The van der Waals surface area contributed by atoms with Gasteiger partial charge < -0.3 is 0 Å². The van der Waals surface area contributed by atoms with Crippen molar-refractivity contribution in [2.45, 2.75) is 37.6 Å². The van der Waals surface area contributed by atoms with Crippen molar-refractivity contribution in [2.24, 2.45) is 0 Å². The molecule has 0 N–H and O–H groups in total. The van der Waals surface area contributed by atoms with E-state index in [-0.39, 0.29) is 0 Å². The predicted molar refractivity (Wildman–Crippen MR) is 63.0 cm³/mol. The summed E-state index contributed by atoms with van der Waals surface area (Å²) in [5, 5.41) is 0. The van der Waals surface area contributed by atoms with Crippen LogP contribution in [0.25, 0.3) is 0 Å². The average molecular weight is 201 g/mol. The van der Waals surface area contributed by atoms with Crippen LogP contribution in [0.4, 0.5) is 0 Å². The van der Waals surface area contributed by atoms with Crippen molar-refractivity contribution in [1.82, 2.24) is 4.90 Å². The van der Waals surface area contributed by atoms with Crippen LogP contribution in [0.1, 0.15) is 37.2 Å². The summed E-state index contributed by atoms with van der Waals surface area (Å²) in [5.41, 5.74) is 1.55. The zero-order chi connectivity index (χ0) is 10.1. The van der Waals surface area contributed by atoms with Gasteiger partial charge in [-0.15, -0.1) is 0 Å². The second kappa shape index (κ2) is 3.97. The zero-order valence-corrected chi connectivity index (χ0v) is 9.23. The Kier molecular flexibility index (Phi) is 2.49. The van der Waals surface area contributed by atoms with Crippen molar-refractivity contribution in [2.75, 3.05) is 13.1 Å². The molecular weight excluding hydrogens is 182 g/mol. The fourth-order valence-corrected chi connectivity index (χ4v) is 3.22. The van der Waals surface area contributed by atoms with Crippen molar-refractivity contribution >= 4 is 0 Å². The largest absolute Gasteiger partial charge is 0.300 e. The van der Waals surface area contributed by atoms with Crippen molar-refractivity contribution in [3.8, 4) is 0 Å². The summed E-state index contributed by atoms with van der Waals surface area (Å²) in [6.07, 6.45) is 5.69. The third-order valence-corrected chi connectivity index (χ3v) is 4.03. The molecule has 1 aromatic rings. The van der Waals surface area contributed by atoms with Crippen LogP contribution in [-0.4, -0.2) is 24.0 Å². The van der Waals surface area contributed by atoms with Crippen molar-refractivity contribution in [3.63, 3.8) is 0 Å². The van der Waals surface area contributed by atoms with Crippen molar-refractivity contribution in [3.05, 3.63) is 35.9 Å². The predicted octanol–water partition coefficient (Wildman–Crippen LogP) is 3.03. The highest BCUT2D eigenvalue weighted by molar-refractivity contribution is 5.21. The molecule has 0 saturated carbocycles. The summed E-state index contributed by atoms with van der Waals surface area (Å²) in [6, 6.07) is 11.9. The van der Waals surface area contributed by atoms with Gasteiger partial charge in [0.05, 0.1) is 0 Å². The Labute approximate surface area is 92.1 Å². The lowest BCUT2D eigenvalue weighted by atomic mass is 9.94. The summed E-state index contributed by atoms with van der Waals surface area (Å²) in [7, 11) is 0. The molecule has 2 saturated heterocycles. The molecule has 0 radical (unpaired) electrons. The van der Waals surface area contributed by atoms with Gasteiger partial charge in [-0.05, 0) is 37.3 Å². The van der Waals surface area contributed by atoms with E-state index in [2.05, 4.69) is 35.2 Å². The van der Waals surface area contributed by atoms with Gasteiger partial charge in [-0.3, -0.25) is 4.90 Å². The van der Waals surface area contributed by atoms with Gasteiger partial charge in [0.1, 0.15) is 0 Å². The molecule has 0 spiro atoms. The van der Waals surface area contributed by atoms with Gasteiger partial charge in [-0.2, -0.15) is 0 Å². The van der Waals surface area contributed by atoms with E-state index in [1.54, 1.807) is 5.56 Å². The molecule has 80 valence electrons. The number of benzene rings is 1. The Morgan fingerprint density at radius 2 is 1.93 bits per heavy atom. The molecule has 3 rings (SSSR count). The highest BCUT2D eigenvalue weighted by Gasteiger charge is 2.33. The Bertz CT molecular complexity index is 305. The maximum atomic E-state index is 2.71. The van der Waals surface area contributed by atoms with Gasteiger partial charge in [0.25, 0.3) is 0 Å². The Balaban J connectivity index is 1.75. The Morgan fingerprint density at radius 3 is 2.73 bits per heavy atom. The molecule has 0 unspecified atom stereocenters. The van der Waals surface area contributed by atoms with Gasteiger partial charge in [0.2, 0.25) is 0 Å². The van der Waals surface area contributed by atoms with E-state index in [9.17, 15) is 0 Å². The first-order valence-electron chi connectivity index (χ1n) is 6.22. The van der Waals surface area contributed by atoms with Crippen molar-refractivity contribution < 1.29 is 0 Å². The number of hydrogen-bond donors (Lipinski definition) is 0. The third-order valence-electron chi connectivity index (χ3n) is 4.03. The maximum absolute atomic E-state index is 2.71. The first-order chi connectivity index (χ1) is 7.43. The molecule has 0 bridgehead atoms. The van der Waals surface area contributed by atoms with Crippen LogP contribution in [-0.2, 0) is 0 Å². The van der Waals surface area contributed by atoms with E-state index >= 15 is 0 Å². The standard InChI is InChI=1S/C14H19N/c1-2-6-12(7-3-1)13-10-14-8-4-5-9-15(14)11-13/h1-3,6-7,13-14H,4-5,8-11H2/t13-,14+/m1/s1. The second-order valence-electron chi connectivity index (χ2n) is 4.99. The molecule has 1 nitrogen and oxygen atoms in total. The zero-order valence-electron chi connectivity index (χ0n) is 9.23. The number of fused-ring (bicyclic) bond motifs is 1. The molecule has 2 atom stereocenters. The normalized spacial score (nSPS) is 31.5. The monoisotopic (exact) mass is 201 g/mol. The Hall–Kier alpha value is -0.820. The Morgan fingerprint density at radius 1 is 1.07 bits per heavy atom. The minimum atomic E-state index is 0.800. The number of rotatable bonds is 1. The van der Waals surface area contributed by atoms with Crippen LogP contribution < -0.4 is 0 Å². The van der Waals surface area contributed by atoms with Crippen LogP contribution in [0.2, 0.25) is 0 Å². The lowest BCUT2D eigenvalue weighted by Crippen LogP contribution is -2.33. The van der Waals surface area contributed by atoms with E-state index in [0.717, 1.165) is 12.0 Å². The molecule has 1 heteroatoms. The summed E-state index contributed by atoms with van der Waals surface area (Å²) in [6.45, 7) is 2.64. The third kappa shape index (κ3) is 1.81. The average Bonchev–Trinajstić information content (AvgIpc) is 2.74. The quantitative estimate of drug-likeness (QED) is 0.675. The number of nitrogens with zero attached hydrogens (tertiary/aromatic N) is 1. The van der Waals surface area contributed by atoms with E-state index < -0.39 is 0 Å². The fraction of sp³-hybridized carbons (Fsp3) is 0.571. The number of piperidine rings is 1. The van der Waals surface area contributed by atoms with E-state index in [0.29, 0.717) is 0 Å². The van der Waals surface area contributed by atoms with Crippen LogP contribution in [0.3, 0.4) is 0 Å².